The molecule has 0 spiro atoms. The maximum absolute atomic E-state index is 11.9. The second-order valence-corrected chi connectivity index (χ2v) is 5.52. The lowest BCUT2D eigenvalue weighted by atomic mass is 10.0. The zero-order valence-corrected chi connectivity index (χ0v) is 13.3. The van der Waals surface area contributed by atoms with E-state index in [9.17, 15) is 4.79 Å². The quantitative estimate of drug-likeness (QED) is 0.841. The van der Waals surface area contributed by atoms with Crippen LogP contribution in [-0.2, 0) is 4.79 Å². The van der Waals surface area contributed by atoms with Gasteiger partial charge in [-0.1, -0.05) is 12.1 Å². The number of amides is 1. The van der Waals surface area contributed by atoms with E-state index in [4.69, 9.17) is 4.74 Å². The fourth-order valence-corrected chi connectivity index (χ4v) is 2.13. The Kier molecular flexibility index (Phi) is 6.02. The third-order valence-corrected chi connectivity index (χ3v) is 3.18. The van der Waals surface area contributed by atoms with Crippen LogP contribution in [0, 0.1) is 6.92 Å². The molecule has 1 rings (SSSR count). The van der Waals surface area contributed by atoms with Gasteiger partial charge in [-0.15, -0.1) is 0 Å². The number of methoxy groups -OCH3 is 1. The standard InChI is InChI=1S/C16H26N2O2/c1-10(2)17-16(19)13(5)18-12(4)14-8-7-11(3)9-15(14)20-6/h7-10,12-13,18H,1-6H3,(H,17,19). The summed E-state index contributed by atoms with van der Waals surface area (Å²) >= 11 is 0. The van der Waals surface area contributed by atoms with Crippen molar-refractivity contribution in [1.29, 1.82) is 0 Å². The van der Waals surface area contributed by atoms with E-state index in [-0.39, 0.29) is 24.0 Å². The first-order valence-electron chi connectivity index (χ1n) is 7.06. The molecular formula is C16H26N2O2. The van der Waals surface area contributed by atoms with Gasteiger partial charge >= 0.3 is 0 Å². The van der Waals surface area contributed by atoms with E-state index in [1.54, 1.807) is 7.11 Å². The largest absolute Gasteiger partial charge is 0.496 e. The zero-order chi connectivity index (χ0) is 15.3. The van der Waals surface area contributed by atoms with E-state index in [0.29, 0.717) is 0 Å². The molecule has 0 saturated heterocycles. The second kappa shape index (κ2) is 7.29. The Labute approximate surface area is 121 Å². The first kappa shape index (κ1) is 16.5. The summed E-state index contributed by atoms with van der Waals surface area (Å²) in [5.41, 5.74) is 2.21. The number of ether oxygens (including phenoxy) is 1. The van der Waals surface area contributed by atoms with Gasteiger partial charge in [0.2, 0.25) is 5.91 Å². The van der Waals surface area contributed by atoms with Crippen molar-refractivity contribution in [2.24, 2.45) is 0 Å². The van der Waals surface area contributed by atoms with E-state index in [2.05, 4.69) is 16.7 Å². The van der Waals surface area contributed by atoms with Crippen LogP contribution in [0.3, 0.4) is 0 Å². The minimum atomic E-state index is -0.251. The van der Waals surface area contributed by atoms with E-state index < -0.39 is 0 Å². The van der Waals surface area contributed by atoms with Gasteiger partial charge in [0.25, 0.3) is 0 Å². The molecular weight excluding hydrogens is 252 g/mol. The van der Waals surface area contributed by atoms with Gasteiger partial charge in [0.1, 0.15) is 5.75 Å². The first-order chi connectivity index (χ1) is 9.35. The van der Waals surface area contributed by atoms with Crippen molar-refractivity contribution in [3.63, 3.8) is 0 Å². The van der Waals surface area contributed by atoms with E-state index in [1.165, 1.54) is 0 Å². The summed E-state index contributed by atoms with van der Waals surface area (Å²) in [4.78, 5) is 11.9. The maximum Gasteiger partial charge on any atom is 0.237 e. The zero-order valence-electron chi connectivity index (χ0n) is 13.3. The van der Waals surface area contributed by atoms with Crippen LogP contribution in [0.4, 0.5) is 0 Å². The van der Waals surface area contributed by atoms with Crippen LogP contribution in [0.2, 0.25) is 0 Å². The fraction of sp³-hybridized carbons (Fsp3) is 0.562. The van der Waals surface area contributed by atoms with Crippen molar-refractivity contribution in [3.8, 4) is 5.75 Å². The van der Waals surface area contributed by atoms with E-state index in [0.717, 1.165) is 16.9 Å². The molecule has 2 unspecified atom stereocenters. The van der Waals surface area contributed by atoms with Crippen LogP contribution >= 0.6 is 0 Å². The molecule has 1 aromatic carbocycles. The molecule has 4 nitrogen and oxygen atoms in total. The van der Waals surface area contributed by atoms with Crippen molar-refractivity contribution in [2.45, 2.75) is 52.7 Å². The molecule has 1 amide bonds. The first-order valence-corrected chi connectivity index (χ1v) is 7.06. The average molecular weight is 278 g/mol. The predicted octanol–water partition coefficient (Wildman–Crippen LogP) is 2.57. The SMILES string of the molecule is COc1cc(C)ccc1C(C)NC(C)C(=O)NC(C)C. The molecule has 0 aliphatic heterocycles. The molecule has 0 aromatic heterocycles. The van der Waals surface area contributed by atoms with Crippen LogP contribution in [0.25, 0.3) is 0 Å². The Bertz CT molecular complexity index is 458. The lowest BCUT2D eigenvalue weighted by molar-refractivity contribution is -0.123. The van der Waals surface area contributed by atoms with Gasteiger partial charge in [-0.3, -0.25) is 10.1 Å². The fourth-order valence-electron chi connectivity index (χ4n) is 2.13. The molecule has 2 atom stereocenters. The molecule has 112 valence electrons. The molecule has 0 fully saturated rings. The van der Waals surface area contributed by atoms with Crippen molar-refractivity contribution >= 4 is 5.91 Å². The molecule has 2 N–H and O–H groups in total. The highest BCUT2D eigenvalue weighted by molar-refractivity contribution is 5.81. The summed E-state index contributed by atoms with van der Waals surface area (Å²) in [6.07, 6.45) is 0. The van der Waals surface area contributed by atoms with Gasteiger partial charge in [-0.05, 0) is 46.2 Å². The third-order valence-electron chi connectivity index (χ3n) is 3.18. The predicted molar refractivity (Wildman–Crippen MR) is 82.0 cm³/mol. The van der Waals surface area contributed by atoms with Gasteiger partial charge in [-0.2, -0.15) is 0 Å². The van der Waals surface area contributed by atoms with Crippen LogP contribution in [-0.4, -0.2) is 25.1 Å². The number of nitrogens with one attached hydrogen (secondary N) is 2. The molecule has 20 heavy (non-hydrogen) atoms. The van der Waals surface area contributed by atoms with Crippen molar-refractivity contribution < 1.29 is 9.53 Å². The minimum absolute atomic E-state index is 0.0120. The third kappa shape index (κ3) is 4.53. The Morgan fingerprint density at radius 1 is 1.20 bits per heavy atom. The number of carbonyl (C=O) groups is 1. The molecule has 0 saturated carbocycles. The van der Waals surface area contributed by atoms with Gasteiger partial charge < -0.3 is 10.1 Å². The number of carbonyl (C=O) groups excluding carboxylic acids is 1. The summed E-state index contributed by atoms with van der Waals surface area (Å²) in [6.45, 7) is 9.85. The van der Waals surface area contributed by atoms with Crippen molar-refractivity contribution in [2.75, 3.05) is 7.11 Å². The summed E-state index contributed by atoms with van der Waals surface area (Å²) < 4.78 is 5.41. The topological polar surface area (TPSA) is 50.4 Å². The van der Waals surface area contributed by atoms with Gasteiger partial charge in [0.05, 0.1) is 13.2 Å². The molecule has 0 radical (unpaired) electrons. The number of benzene rings is 1. The van der Waals surface area contributed by atoms with Crippen LogP contribution in [0.15, 0.2) is 18.2 Å². The second-order valence-electron chi connectivity index (χ2n) is 5.52. The normalized spacial score (nSPS) is 13.9. The average Bonchev–Trinajstić information content (AvgIpc) is 2.37. The Morgan fingerprint density at radius 3 is 2.40 bits per heavy atom. The molecule has 0 aliphatic carbocycles. The number of rotatable bonds is 6. The molecule has 0 heterocycles. The van der Waals surface area contributed by atoms with Gasteiger partial charge in [0.15, 0.2) is 0 Å². The summed E-state index contributed by atoms with van der Waals surface area (Å²) in [6, 6.07) is 6.04. The molecule has 0 aliphatic rings. The highest BCUT2D eigenvalue weighted by Crippen LogP contribution is 2.26. The lowest BCUT2D eigenvalue weighted by Gasteiger charge is -2.22. The highest BCUT2D eigenvalue weighted by atomic mass is 16.5. The maximum atomic E-state index is 11.9. The highest BCUT2D eigenvalue weighted by Gasteiger charge is 2.18. The van der Waals surface area contributed by atoms with Crippen molar-refractivity contribution in [3.05, 3.63) is 29.3 Å². The summed E-state index contributed by atoms with van der Waals surface area (Å²) in [7, 11) is 1.67. The van der Waals surface area contributed by atoms with Crippen molar-refractivity contribution in [1.82, 2.24) is 10.6 Å². The molecule has 0 bridgehead atoms. The van der Waals surface area contributed by atoms with Gasteiger partial charge in [0, 0.05) is 17.6 Å². The van der Waals surface area contributed by atoms with E-state index in [1.807, 2.05) is 46.8 Å². The lowest BCUT2D eigenvalue weighted by Crippen LogP contribution is -2.45. The summed E-state index contributed by atoms with van der Waals surface area (Å²) in [5, 5.41) is 6.21. The van der Waals surface area contributed by atoms with E-state index >= 15 is 0 Å². The molecule has 1 aromatic rings. The van der Waals surface area contributed by atoms with Crippen LogP contribution in [0.5, 0.6) is 5.75 Å². The Hall–Kier alpha value is -1.55. The molecule has 4 heteroatoms. The van der Waals surface area contributed by atoms with Crippen LogP contribution < -0.4 is 15.4 Å². The van der Waals surface area contributed by atoms with Gasteiger partial charge in [-0.25, -0.2) is 0 Å². The number of aryl methyl sites for hydroxylation is 1. The summed E-state index contributed by atoms with van der Waals surface area (Å²) in [5.74, 6) is 0.861. The monoisotopic (exact) mass is 278 g/mol. The Morgan fingerprint density at radius 2 is 1.85 bits per heavy atom. The smallest absolute Gasteiger partial charge is 0.237 e. The number of hydrogen-bond acceptors (Lipinski definition) is 3. The Balaban J connectivity index is 2.75. The van der Waals surface area contributed by atoms with Crippen LogP contribution in [0.1, 0.15) is 44.9 Å². The number of hydrogen-bond donors (Lipinski definition) is 2. The minimum Gasteiger partial charge on any atom is -0.496 e.